The van der Waals surface area contributed by atoms with Gasteiger partial charge in [0, 0.05) is 25.7 Å². The first-order chi connectivity index (χ1) is 49.7. The number of aliphatic hydroxyl groups is 1. The molecule has 0 amide bonds. The maximum Gasteiger partial charge on any atom is 0.472 e. The van der Waals surface area contributed by atoms with Crippen molar-refractivity contribution < 1.29 is 80.2 Å². The molecule has 19 heteroatoms. The van der Waals surface area contributed by atoms with Crippen molar-refractivity contribution in [2.75, 3.05) is 39.6 Å². The first-order valence-electron chi connectivity index (χ1n) is 39.8. The average Bonchev–Trinajstić information content (AvgIpc) is 0.926. The monoisotopic (exact) mass is 1470 g/mol. The number of phosphoric ester groups is 2. The summed E-state index contributed by atoms with van der Waals surface area (Å²) in [5, 5.41) is 10.6. The Bertz CT molecular complexity index is 2410. The van der Waals surface area contributed by atoms with Gasteiger partial charge < -0.3 is 33.8 Å². The number of hydrogen-bond donors (Lipinski definition) is 3. The summed E-state index contributed by atoms with van der Waals surface area (Å²) >= 11 is 0. The van der Waals surface area contributed by atoms with Crippen molar-refractivity contribution >= 4 is 39.5 Å². The number of aliphatic hydroxyl groups excluding tert-OH is 1. The fraction of sp³-hybridized carbons (Fsp3) is 0.711. The minimum Gasteiger partial charge on any atom is -0.462 e. The number of carbonyl (C=O) groups excluding carboxylic acids is 4. The Balaban J connectivity index is 5.33. The van der Waals surface area contributed by atoms with Gasteiger partial charge in [0.1, 0.15) is 19.3 Å². The number of allylic oxidation sites excluding steroid dienone is 20. The van der Waals surface area contributed by atoms with Crippen LogP contribution in [0, 0.1) is 0 Å². The molecule has 17 nitrogen and oxygen atoms in total. The molecule has 0 rings (SSSR count). The third-order valence-corrected chi connectivity index (χ3v) is 18.3. The maximum atomic E-state index is 13.1. The van der Waals surface area contributed by atoms with E-state index in [0.717, 1.165) is 205 Å². The molecule has 0 heterocycles. The van der Waals surface area contributed by atoms with Crippen molar-refractivity contribution in [3.63, 3.8) is 0 Å². The van der Waals surface area contributed by atoms with E-state index >= 15 is 0 Å². The van der Waals surface area contributed by atoms with Crippen LogP contribution in [0.3, 0.4) is 0 Å². The van der Waals surface area contributed by atoms with Crippen molar-refractivity contribution in [3.05, 3.63) is 122 Å². The Labute approximate surface area is 619 Å². The first-order valence-corrected chi connectivity index (χ1v) is 42.8. The van der Waals surface area contributed by atoms with E-state index in [4.69, 9.17) is 37.0 Å². The predicted octanol–water partition coefficient (Wildman–Crippen LogP) is 23.1. The van der Waals surface area contributed by atoms with Gasteiger partial charge in [-0.1, -0.05) is 290 Å². The summed E-state index contributed by atoms with van der Waals surface area (Å²) in [6.45, 7) is 4.51. The van der Waals surface area contributed by atoms with Gasteiger partial charge in [-0.3, -0.25) is 37.3 Å². The molecule has 3 N–H and O–H groups in total. The van der Waals surface area contributed by atoms with Gasteiger partial charge in [-0.2, -0.15) is 0 Å². The molecule has 0 bridgehead atoms. The zero-order valence-corrected chi connectivity index (χ0v) is 65.8. The molecule has 0 aliphatic rings. The molecular formula is C83H142O17P2. The molecule has 586 valence electrons. The molecule has 0 fully saturated rings. The van der Waals surface area contributed by atoms with Crippen LogP contribution in [0.15, 0.2) is 122 Å². The van der Waals surface area contributed by atoms with Crippen molar-refractivity contribution in [1.29, 1.82) is 0 Å². The van der Waals surface area contributed by atoms with Crippen LogP contribution in [-0.2, 0) is 65.4 Å². The topological polar surface area (TPSA) is 237 Å². The fourth-order valence-corrected chi connectivity index (χ4v) is 12.1. The second-order valence-corrected chi connectivity index (χ2v) is 29.1. The minimum atomic E-state index is -4.98. The van der Waals surface area contributed by atoms with E-state index in [1.54, 1.807) is 0 Å². The van der Waals surface area contributed by atoms with Crippen LogP contribution in [0.4, 0.5) is 0 Å². The number of rotatable bonds is 74. The summed E-state index contributed by atoms with van der Waals surface area (Å²) in [4.78, 5) is 73.0. The van der Waals surface area contributed by atoms with Gasteiger partial charge in [-0.05, 0) is 128 Å². The third-order valence-electron chi connectivity index (χ3n) is 16.4. The third kappa shape index (κ3) is 73.8. The molecule has 0 aliphatic carbocycles. The number of unbranched alkanes of at least 4 members (excludes halogenated alkanes) is 28. The molecule has 5 unspecified atom stereocenters. The summed E-state index contributed by atoms with van der Waals surface area (Å²) < 4.78 is 68.6. The predicted molar refractivity (Wildman–Crippen MR) is 418 cm³/mol. The first kappa shape index (κ1) is 97.5. The fourth-order valence-electron chi connectivity index (χ4n) is 10.5. The molecule has 0 radical (unpaired) electrons. The summed E-state index contributed by atoms with van der Waals surface area (Å²) in [5.41, 5.74) is 0. The van der Waals surface area contributed by atoms with E-state index in [9.17, 15) is 43.2 Å². The zero-order chi connectivity index (χ0) is 74.6. The molecule has 0 aliphatic heterocycles. The number of phosphoric acid groups is 2. The van der Waals surface area contributed by atoms with Crippen LogP contribution in [0.25, 0.3) is 0 Å². The maximum absolute atomic E-state index is 13.1. The second-order valence-electron chi connectivity index (χ2n) is 26.2. The van der Waals surface area contributed by atoms with E-state index in [-0.39, 0.29) is 25.7 Å². The van der Waals surface area contributed by atoms with Crippen LogP contribution in [-0.4, -0.2) is 96.7 Å². The second kappa shape index (κ2) is 74.7. The molecule has 0 saturated heterocycles. The Morgan fingerprint density at radius 2 is 0.510 bits per heavy atom. The van der Waals surface area contributed by atoms with Gasteiger partial charge in [0.15, 0.2) is 12.2 Å². The summed E-state index contributed by atoms with van der Waals surface area (Å²) in [5.74, 6) is -2.21. The van der Waals surface area contributed by atoms with Gasteiger partial charge in [0.25, 0.3) is 0 Å². The van der Waals surface area contributed by atoms with Crippen LogP contribution in [0.2, 0.25) is 0 Å². The number of esters is 4. The van der Waals surface area contributed by atoms with Crippen molar-refractivity contribution in [1.82, 2.24) is 0 Å². The smallest absolute Gasteiger partial charge is 0.462 e. The van der Waals surface area contributed by atoms with E-state index in [1.807, 2.05) is 0 Å². The largest absolute Gasteiger partial charge is 0.472 e. The molecule has 5 atom stereocenters. The molecule has 0 spiro atoms. The van der Waals surface area contributed by atoms with Crippen molar-refractivity contribution in [2.24, 2.45) is 0 Å². The lowest BCUT2D eigenvalue weighted by Crippen LogP contribution is -2.30. The summed E-state index contributed by atoms with van der Waals surface area (Å²) in [6.07, 6.45) is 81.8. The van der Waals surface area contributed by atoms with Crippen LogP contribution >= 0.6 is 15.6 Å². The lowest BCUT2D eigenvalue weighted by Gasteiger charge is -2.21. The van der Waals surface area contributed by atoms with E-state index in [1.165, 1.54) is 38.5 Å². The normalized spacial score (nSPS) is 14.5. The SMILES string of the molecule is CC/C=C\C/C=C\C/C=C\C/C=C\CCCCCCCCC(=O)OCC(COP(=O)(O)OCC(O)COP(=O)(O)OCC(COC(=O)CCCCCCCCC/C=C\C/C=C\C/C=C\CC)OC(=O)CCCCCCC/C=C\C/C=C\C/C=C\CC)OC(=O)CCCCCCCCCCCCC. The molecule has 0 saturated carbocycles. The highest BCUT2D eigenvalue weighted by Crippen LogP contribution is 2.45. The lowest BCUT2D eigenvalue weighted by atomic mass is 10.1. The Morgan fingerprint density at radius 3 is 0.784 bits per heavy atom. The Hall–Kier alpha value is -4.54. The molecular weight excluding hydrogens is 1330 g/mol. The van der Waals surface area contributed by atoms with Gasteiger partial charge in [0.2, 0.25) is 0 Å². The summed E-state index contributed by atoms with van der Waals surface area (Å²) in [7, 11) is -9.96. The van der Waals surface area contributed by atoms with Gasteiger partial charge in [-0.25, -0.2) is 9.13 Å². The molecule has 0 aromatic rings. The Morgan fingerprint density at radius 1 is 0.284 bits per heavy atom. The lowest BCUT2D eigenvalue weighted by molar-refractivity contribution is -0.161. The minimum absolute atomic E-state index is 0.0718. The van der Waals surface area contributed by atoms with Gasteiger partial charge in [0.05, 0.1) is 26.4 Å². The number of hydrogen-bond acceptors (Lipinski definition) is 15. The molecule has 0 aromatic carbocycles. The average molecular weight is 1470 g/mol. The van der Waals surface area contributed by atoms with Crippen LogP contribution in [0.5, 0.6) is 0 Å². The highest BCUT2D eigenvalue weighted by Gasteiger charge is 2.30. The van der Waals surface area contributed by atoms with Crippen molar-refractivity contribution in [3.8, 4) is 0 Å². The highest BCUT2D eigenvalue weighted by atomic mass is 31.2. The number of ether oxygens (including phenoxy) is 4. The van der Waals surface area contributed by atoms with Crippen molar-refractivity contribution in [2.45, 2.75) is 341 Å². The Kier molecular flexibility index (Phi) is 71.4. The van der Waals surface area contributed by atoms with E-state index in [2.05, 4.69) is 149 Å². The highest BCUT2D eigenvalue weighted by molar-refractivity contribution is 7.47. The van der Waals surface area contributed by atoms with Crippen LogP contribution < -0.4 is 0 Å². The van der Waals surface area contributed by atoms with Crippen LogP contribution in [0.1, 0.15) is 323 Å². The number of carbonyl (C=O) groups is 4. The van der Waals surface area contributed by atoms with Gasteiger partial charge >= 0.3 is 39.5 Å². The standard InChI is InChI=1S/C83H142O17P2/c1-5-9-13-17-21-25-29-32-35-37-38-40-43-45-49-52-56-60-64-68-80(85)93-73-78(99-82(87)69-65-61-57-53-47-28-24-20-16-12-8-4)75-97-101(89,90)95-71-77(84)72-96-102(91,92)98-76-79(100-83(88)70-66-62-58-54-50-46-41-34-31-27-23-19-15-11-7-3)74-94-81(86)67-63-59-55-51-48-44-42-39-36-33-30-26-22-18-14-10-6-2/h9-11,13-15,21-23,25-27,32-36,38,40-41,77-79,84H,5-8,12,16-20,24,28-31,37,39,42-76H2,1-4H3,(H,89,90)(H,91,92)/b13-9-,14-10-,15-11-,25-21-,26-22-,27-23-,35-32-,36-33-,40-38-,41-34-. The van der Waals surface area contributed by atoms with Gasteiger partial charge in [-0.15, -0.1) is 0 Å². The zero-order valence-electron chi connectivity index (χ0n) is 64.0. The summed E-state index contributed by atoms with van der Waals surface area (Å²) in [6, 6.07) is 0. The molecule has 102 heavy (non-hydrogen) atoms. The quantitative estimate of drug-likeness (QED) is 0.0169. The van der Waals surface area contributed by atoms with E-state index in [0.29, 0.717) is 25.7 Å². The molecule has 0 aromatic heterocycles. The van der Waals surface area contributed by atoms with E-state index < -0.39 is 97.5 Å².